The maximum absolute atomic E-state index is 4.26. The molecule has 3 rings (SSSR count). The van der Waals surface area contributed by atoms with E-state index in [2.05, 4.69) is 72.4 Å². The summed E-state index contributed by atoms with van der Waals surface area (Å²) in [7, 11) is 0. The van der Waals surface area contributed by atoms with Gasteiger partial charge >= 0.3 is 0 Å². The highest BCUT2D eigenvalue weighted by molar-refractivity contribution is 8.00. The van der Waals surface area contributed by atoms with E-state index >= 15 is 0 Å². The monoisotopic (exact) mass is 344 g/mol. The molecule has 0 saturated heterocycles. The van der Waals surface area contributed by atoms with Crippen molar-refractivity contribution in [3.63, 3.8) is 0 Å². The van der Waals surface area contributed by atoms with Gasteiger partial charge in [0, 0.05) is 10.5 Å². The van der Waals surface area contributed by atoms with Crippen LogP contribution in [0.1, 0.15) is 11.1 Å². The summed E-state index contributed by atoms with van der Waals surface area (Å²) in [6.45, 7) is 9.81. The summed E-state index contributed by atoms with van der Waals surface area (Å²) in [5, 5.41) is 0. The molecule has 0 radical (unpaired) electrons. The van der Waals surface area contributed by atoms with Crippen LogP contribution in [0, 0.1) is 6.92 Å². The lowest BCUT2D eigenvalue weighted by Crippen LogP contribution is -1.92. The van der Waals surface area contributed by atoms with Crippen molar-refractivity contribution in [1.29, 1.82) is 0 Å². The smallest absolute Gasteiger partial charge is 0.0940 e. The summed E-state index contributed by atoms with van der Waals surface area (Å²) in [5.74, 6) is 0. The number of aryl methyl sites for hydroxylation is 1. The molecule has 1 N–H and O–H groups in total. The molecule has 3 aromatic carbocycles. The molecule has 0 bridgehead atoms. The Bertz CT molecular complexity index is 884. The Morgan fingerprint density at radius 1 is 0.960 bits per heavy atom. The van der Waals surface area contributed by atoms with Crippen molar-refractivity contribution in [2.45, 2.75) is 11.8 Å². The average Bonchev–Trinajstić information content (AvgIpc) is 2.67. The number of nitrogens with one attached hydrogen (secondary N) is 1. The standard InChI is InChI=1S/C22H20N2S/c1-4-19-20(17-8-6-5-7-9-17)14-15-21(22(19)23-3)24-25-18-12-10-16(2)11-13-18/h4-15,24H,1,3H2,2H3. The minimum Gasteiger partial charge on any atom is -0.324 e. The van der Waals surface area contributed by atoms with E-state index in [1.807, 2.05) is 30.3 Å². The second-order valence-electron chi connectivity index (χ2n) is 5.67. The van der Waals surface area contributed by atoms with Crippen molar-refractivity contribution in [2.24, 2.45) is 4.99 Å². The number of rotatable bonds is 6. The van der Waals surface area contributed by atoms with Crippen LogP contribution in [0.25, 0.3) is 17.2 Å². The first kappa shape index (κ1) is 17.1. The highest BCUT2D eigenvalue weighted by Gasteiger charge is 2.12. The molecule has 25 heavy (non-hydrogen) atoms. The van der Waals surface area contributed by atoms with E-state index in [0.717, 1.165) is 33.0 Å². The summed E-state index contributed by atoms with van der Waals surface area (Å²) < 4.78 is 3.39. The molecule has 0 aliphatic carbocycles. The molecule has 3 aromatic rings. The highest BCUT2D eigenvalue weighted by Crippen LogP contribution is 2.39. The van der Waals surface area contributed by atoms with Crippen LogP contribution < -0.4 is 4.72 Å². The number of hydrogen-bond donors (Lipinski definition) is 1. The normalized spacial score (nSPS) is 10.3. The van der Waals surface area contributed by atoms with Gasteiger partial charge in [-0.15, -0.1) is 0 Å². The molecule has 0 aromatic heterocycles. The lowest BCUT2D eigenvalue weighted by Gasteiger charge is -2.15. The minimum absolute atomic E-state index is 0.816. The van der Waals surface area contributed by atoms with Gasteiger partial charge < -0.3 is 4.72 Å². The van der Waals surface area contributed by atoms with Crippen molar-refractivity contribution >= 4 is 36.1 Å². The third-order valence-electron chi connectivity index (χ3n) is 3.96. The summed E-state index contributed by atoms with van der Waals surface area (Å²) in [6, 6.07) is 22.8. The molecule has 0 aliphatic rings. The Morgan fingerprint density at radius 2 is 1.68 bits per heavy atom. The summed E-state index contributed by atoms with van der Waals surface area (Å²) >= 11 is 1.56. The third-order valence-corrected chi connectivity index (χ3v) is 4.79. The van der Waals surface area contributed by atoms with Gasteiger partial charge in [-0.05, 0) is 54.9 Å². The van der Waals surface area contributed by atoms with Gasteiger partial charge in [0.05, 0.1) is 11.4 Å². The number of anilines is 1. The van der Waals surface area contributed by atoms with E-state index in [0.29, 0.717) is 0 Å². The van der Waals surface area contributed by atoms with Crippen molar-refractivity contribution < 1.29 is 0 Å². The van der Waals surface area contributed by atoms with Crippen LogP contribution in [-0.4, -0.2) is 6.72 Å². The second kappa shape index (κ2) is 7.86. The molecule has 0 atom stereocenters. The quantitative estimate of drug-likeness (QED) is 0.395. The van der Waals surface area contributed by atoms with Gasteiger partial charge in [0.1, 0.15) is 0 Å². The molecular weight excluding hydrogens is 324 g/mol. The molecule has 3 heteroatoms. The first-order chi connectivity index (χ1) is 12.2. The molecule has 0 amide bonds. The van der Waals surface area contributed by atoms with Crippen LogP contribution in [0.2, 0.25) is 0 Å². The van der Waals surface area contributed by atoms with Crippen LogP contribution in [-0.2, 0) is 0 Å². The Morgan fingerprint density at radius 3 is 2.32 bits per heavy atom. The Labute approximate surface area is 153 Å². The average molecular weight is 344 g/mol. The molecule has 0 aliphatic heterocycles. The van der Waals surface area contributed by atoms with Crippen molar-refractivity contribution in [3.8, 4) is 11.1 Å². The zero-order valence-corrected chi connectivity index (χ0v) is 15.0. The van der Waals surface area contributed by atoms with Crippen LogP contribution in [0.3, 0.4) is 0 Å². The topological polar surface area (TPSA) is 24.4 Å². The molecule has 0 unspecified atom stereocenters. The van der Waals surface area contributed by atoms with Crippen molar-refractivity contribution in [3.05, 3.63) is 84.4 Å². The van der Waals surface area contributed by atoms with Gasteiger partial charge in [-0.1, -0.05) is 66.7 Å². The highest BCUT2D eigenvalue weighted by atomic mass is 32.2. The third kappa shape index (κ3) is 3.83. The van der Waals surface area contributed by atoms with E-state index in [1.54, 1.807) is 11.9 Å². The predicted octanol–water partition coefficient (Wildman–Crippen LogP) is 6.76. The number of hydrogen-bond acceptors (Lipinski definition) is 3. The summed E-state index contributed by atoms with van der Waals surface area (Å²) in [6.07, 6.45) is 1.84. The predicted molar refractivity (Wildman–Crippen MR) is 112 cm³/mol. The van der Waals surface area contributed by atoms with E-state index in [-0.39, 0.29) is 0 Å². The zero-order chi connectivity index (χ0) is 17.6. The van der Waals surface area contributed by atoms with Crippen LogP contribution in [0.4, 0.5) is 11.4 Å². The van der Waals surface area contributed by atoms with E-state index in [1.165, 1.54) is 5.56 Å². The molecule has 0 saturated carbocycles. The first-order valence-corrected chi connectivity index (χ1v) is 8.85. The lowest BCUT2D eigenvalue weighted by atomic mass is 9.97. The van der Waals surface area contributed by atoms with E-state index in [4.69, 9.17) is 0 Å². The maximum Gasteiger partial charge on any atom is 0.0940 e. The molecule has 2 nitrogen and oxygen atoms in total. The van der Waals surface area contributed by atoms with Crippen molar-refractivity contribution in [1.82, 2.24) is 0 Å². The molecule has 0 fully saturated rings. The Kier molecular flexibility index (Phi) is 5.36. The molecular formula is C22H20N2S. The van der Waals surface area contributed by atoms with Crippen LogP contribution >= 0.6 is 11.9 Å². The first-order valence-electron chi connectivity index (χ1n) is 8.04. The fourth-order valence-corrected chi connectivity index (χ4v) is 3.32. The number of benzene rings is 3. The minimum atomic E-state index is 0.816. The number of aliphatic imine (C=N–C) groups is 1. The summed E-state index contributed by atoms with van der Waals surface area (Å²) in [4.78, 5) is 5.40. The fourth-order valence-electron chi connectivity index (χ4n) is 2.66. The number of nitrogens with zero attached hydrogens (tertiary/aromatic N) is 1. The Hall–Kier alpha value is -2.78. The fraction of sp³-hybridized carbons (Fsp3) is 0.0455. The maximum atomic E-state index is 4.26. The van der Waals surface area contributed by atoms with Gasteiger partial charge in [-0.2, -0.15) is 0 Å². The lowest BCUT2D eigenvalue weighted by molar-refractivity contribution is 1.38. The van der Waals surface area contributed by atoms with E-state index in [9.17, 15) is 0 Å². The van der Waals surface area contributed by atoms with Gasteiger partial charge in [0.2, 0.25) is 0 Å². The second-order valence-corrected chi connectivity index (χ2v) is 6.55. The summed E-state index contributed by atoms with van der Waals surface area (Å²) in [5.41, 5.74) is 6.21. The van der Waals surface area contributed by atoms with Crippen LogP contribution in [0.5, 0.6) is 0 Å². The van der Waals surface area contributed by atoms with Gasteiger partial charge in [0.15, 0.2) is 0 Å². The van der Waals surface area contributed by atoms with Gasteiger partial charge in [0.25, 0.3) is 0 Å². The van der Waals surface area contributed by atoms with Gasteiger partial charge in [-0.3, -0.25) is 4.99 Å². The van der Waals surface area contributed by atoms with Crippen molar-refractivity contribution in [2.75, 3.05) is 4.72 Å². The Balaban J connectivity index is 1.94. The largest absolute Gasteiger partial charge is 0.324 e. The van der Waals surface area contributed by atoms with Gasteiger partial charge in [-0.25, -0.2) is 0 Å². The molecule has 0 spiro atoms. The van der Waals surface area contributed by atoms with Crippen LogP contribution in [0.15, 0.2) is 83.2 Å². The molecule has 0 heterocycles. The van der Waals surface area contributed by atoms with E-state index < -0.39 is 0 Å². The molecule has 124 valence electrons. The zero-order valence-electron chi connectivity index (χ0n) is 14.2. The SMILES string of the molecule is C=Cc1c(-c2ccccc2)ccc(NSc2ccc(C)cc2)c1N=C.